The highest BCUT2D eigenvalue weighted by atomic mass is 16.3. The molecule has 0 saturated carbocycles. The Balaban J connectivity index is 2.05. The lowest BCUT2D eigenvalue weighted by molar-refractivity contribution is 0.265. The molecule has 2 rings (SSSR count). The molecule has 1 aliphatic rings. The molecule has 0 bridgehead atoms. The van der Waals surface area contributed by atoms with E-state index in [1.54, 1.807) is 0 Å². The Morgan fingerprint density at radius 3 is 2.57 bits per heavy atom. The first-order valence-corrected chi connectivity index (χ1v) is 7.55. The molecule has 0 aromatic carbocycles. The average molecular weight is 295 g/mol. The number of hydrazine groups is 1. The molecule has 118 valence electrons. The van der Waals surface area contributed by atoms with Crippen LogP contribution in [-0.2, 0) is 0 Å². The fourth-order valence-corrected chi connectivity index (χ4v) is 2.33. The second-order valence-electron chi connectivity index (χ2n) is 5.47. The molecule has 8 nitrogen and oxygen atoms in total. The van der Waals surface area contributed by atoms with Gasteiger partial charge < -0.3 is 15.3 Å². The number of anilines is 3. The van der Waals surface area contributed by atoms with Crippen LogP contribution in [0, 0.1) is 5.92 Å². The summed E-state index contributed by atoms with van der Waals surface area (Å²) in [6, 6.07) is 0. The third-order valence-electron chi connectivity index (χ3n) is 3.62. The fourth-order valence-electron chi connectivity index (χ4n) is 2.33. The zero-order chi connectivity index (χ0) is 15.1. The van der Waals surface area contributed by atoms with Crippen LogP contribution < -0.4 is 21.5 Å². The summed E-state index contributed by atoms with van der Waals surface area (Å²) in [4.78, 5) is 15.2. The van der Waals surface area contributed by atoms with Crippen molar-refractivity contribution >= 4 is 17.8 Å². The number of aliphatic hydroxyl groups is 1. The Bertz CT molecular complexity index is 437. The maximum Gasteiger partial charge on any atom is 0.243 e. The summed E-state index contributed by atoms with van der Waals surface area (Å²) >= 11 is 0. The number of nitrogen functional groups attached to an aromatic ring is 1. The van der Waals surface area contributed by atoms with Gasteiger partial charge in [0.05, 0.1) is 0 Å². The lowest BCUT2D eigenvalue weighted by atomic mass is 10.1. The number of hydrogen-bond acceptors (Lipinski definition) is 8. The molecule has 1 aromatic heterocycles. The van der Waals surface area contributed by atoms with E-state index in [9.17, 15) is 0 Å². The molecule has 8 heteroatoms. The Kier molecular flexibility index (Phi) is 5.94. The first-order chi connectivity index (χ1) is 10.2. The minimum atomic E-state index is 0.189. The lowest BCUT2D eigenvalue weighted by Crippen LogP contribution is -2.32. The molecule has 2 heterocycles. The van der Waals surface area contributed by atoms with E-state index in [1.165, 1.54) is 6.42 Å². The van der Waals surface area contributed by atoms with E-state index in [1.807, 2.05) is 0 Å². The van der Waals surface area contributed by atoms with Crippen molar-refractivity contribution < 1.29 is 5.11 Å². The molecule has 1 unspecified atom stereocenters. The number of nitrogens with zero attached hydrogens (tertiary/aromatic N) is 4. The number of piperidine rings is 1. The van der Waals surface area contributed by atoms with Gasteiger partial charge in [0, 0.05) is 26.2 Å². The van der Waals surface area contributed by atoms with Crippen LogP contribution in [0.25, 0.3) is 0 Å². The SMILES string of the molecule is CC(CCO)CNc1nc(NN)nc(N2CCCCC2)n1. The van der Waals surface area contributed by atoms with E-state index in [-0.39, 0.29) is 6.61 Å². The highest BCUT2D eigenvalue weighted by molar-refractivity contribution is 5.43. The number of nitrogens with two attached hydrogens (primary N) is 1. The van der Waals surface area contributed by atoms with Gasteiger partial charge in [-0.15, -0.1) is 0 Å². The van der Waals surface area contributed by atoms with Crippen molar-refractivity contribution in [1.82, 2.24) is 15.0 Å². The predicted octanol–water partition coefficient (Wildman–Crippen LogP) is 0.578. The van der Waals surface area contributed by atoms with Crippen molar-refractivity contribution in [2.24, 2.45) is 11.8 Å². The van der Waals surface area contributed by atoms with Crippen molar-refractivity contribution in [3.63, 3.8) is 0 Å². The van der Waals surface area contributed by atoms with Gasteiger partial charge >= 0.3 is 0 Å². The fraction of sp³-hybridized carbons (Fsp3) is 0.769. The zero-order valence-corrected chi connectivity index (χ0v) is 12.5. The van der Waals surface area contributed by atoms with Crippen LogP contribution in [0.3, 0.4) is 0 Å². The van der Waals surface area contributed by atoms with Gasteiger partial charge in [-0.25, -0.2) is 5.84 Å². The summed E-state index contributed by atoms with van der Waals surface area (Å²) in [6.07, 6.45) is 4.33. The Morgan fingerprint density at radius 1 is 1.19 bits per heavy atom. The maximum atomic E-state index is 8.93. The smallest absolute Gasteiger partial charge is 0.243 e. The molecule has 5 N–H and O–H groups in total. The normalized spacial score (nSPS) is 16.6. The van der Waals surface area contributed by atoms with Crippen molar-refractivity contribution in [2.45, 2.75) is 32.6 Å². The van der Waals surface area contributed by atoms with Crippen LogP contribution in [0.1, 0.15) is 32.6 Å². The molecule has 1 saturated heterocycles. The van der Waals surface area contributed by atoms with Gasteiger partial charge in [0.2, 0.25) is 17.8 Å². The van der Waals surface area contributed by atoms with Crippen LogP contribution in [0.15, 0.2) is 0 Å². The van der Waals surface area contributed by atoms with Gasteiger partial charge in [0.1, 0.15) is 0 Å². The van der Waals surface area contributed by atoms with E-state index >= 15 is 0 Å². The van der Waals surface area contributed by atoms with Crippen LogP contribution in [0.4, 0.5) is 17.8 Å². The van der Waals surface area contributed by atoms with E-state index in [4.69, 9.17) is 10.9 Å². The number of hydrogen-bond donors (Lipinski definition) is 4. The minimum Gasteiger partial charge on any atom is -0.396 e. The standard InChI is InChI=1S/C13H25N7O/c1-10(5-8-21)9-15-11-16-12(19-14)18-13(17-11)20-6-3-2-4-7-20/h10,21H,2-9,14H2,1H3,(H2,15,16,17,18,19). The van der Waals surface area contributed by atoms with Crippen LogP contribution in [-0.4, -0.2) is 46.3 Å². The Morgan fingerprint density at radius 2 is 1.90 bits per heavy atom. The van der Waals surface area contributed by atoms with Gasteiger partial charge in [0.15, 0.2) is 0 Å². The van der Waals surface area contributed by atoms with Crippen LogP contribution >= 0.6 is 0 Å². The molecule has 0 spiro atoms. The van der Waals surface area contributed by atoms with Gasteiger partial charge in [-0.3, -0.25) is 5.43 Å². The first-order valence-electron chi connectivity index (χ1n) is 7.55. The second kappa shape index (κ2) is 7.94. The molecular weight excluding hydrogens is 270 g/mol. The molecule has 0 amide bonds. The maximum absolute atomic E-state index is 8.93. The molecule has 0 radical (unpaired) electrons. The predicted molar refractivity (Wildman–Crippen MR) is 83.1 cm³/mol. The van der Waals surface area contributed by atoms with Crippen molar-refractivity contribution in [3.05, 3.63) is 0 Å². The molecule has 21 heavy (non-hydrogen) atoms. The second-order valence-corrected chi connectivity index (χ2v) is 5.47. The number of aliphatic hydroxyl groups excluding tert-OH is 1. The Labute approximate surface area is 125 Å². The summed E-state index contributed by atoms with van der Waals surface area (Å²) in [5.74, 6) is 7.33. The van der Waals surface area contributed by atoms with E-state index < -0.39 is 0 Å². The van der Waals surface area contributed by atoms with Crippen molar-refractivity contribution in [2.75, 3.05) is 41.9 Å². The molecule has 1 aliphatic heterocycles. The average Bonchev–Trinajstić information content (AvgIpc) is 2.54. The third-order valence-corrected chi connectivity index (χ3v) is 3.62. The van der Waals surface area contributed by atoms with E-state index in [2.05, 4.69) is 37.5 Å². The van der Waals surface area contributed by atoms with Crippen LogP contribution in [0.5, 0.6) is 0 Å². The lowest BCUT2D eigenvalue weighted by Gasteiger charge is -2.27. The van der Waals surface area contributed by atoms with E-state index in [0.29, 0.717) is 30.3 Å². The summed E-state index contributed by atoms with van der Waals surface area (Å²) < 4.78 is 0. The molecule has 1 aromatic rings. The molecule has 1 fully saturated rings. The summed E-state index contributed by atoms with van der Waals surface area (Å²) in [6.45, 7) is 4.89. The van der Waals surface area contributed by atoms with Gasteiger partial charge in [-0.2, -0.15) is 15.0 Å². The number of nitrogens with one attached hydrogen (secondary N) is 2. The quantitative estimate of drug-likeness (QED) is 0.427. The van der Waals surface area contributed by atoms with Crippen LogP contribution in [0.2, 0.25) is 0 Å². The van der Waals surface area contributed by atoms with Gasteiger partial charge in [-0.05, 0) is 31.6 Å². The van der Waals surface area contributed by atoms with Crippen molar-refractivity contribution in [3.8, 4) is 0 Å². The minimum absolute atomic E-state index is 0.189. The molecule has 1 atom stereocenters. The Hall–Kier alpha value is -1.67. The topological polar surface area (TPSA) is 112 Å². The van der Waals surface area contributed by atoms with Gasteiger partial charge in [-0.1, -0.05) is 6.92 Å². The summed E-state index contributed by atoms with van der Waals surface area (Å²) in [7, 11) is 0. The number of aromatic nitrogens is 3. The highest BCUT2D eigenvalue weighted by Gasteiger charge is 2.16. The first kappa shape index (κ1) is 15.7. The molecule has 0 aliphatic carbocycles. The highest BCUT2D eigenvalue weighted by Crippen LogP contribution is 2.18. The zero-order valence-electron chi connectivity index (χ0n) is 12.5. The summed E-state index contributed by atoms with van der Waals surface area (Å²) in [5.41, 5.74) is 2.49. The summed E-state index contributed by atoms with van der Waals surface area (Å²) in [5, 5.41) is 12.1. The van der Waals surface area contributed by atoms with E-state index in [0.717, 1.165) is 32.4 Å². The molecular formula is C13H25N7O. The monoisotopic (exact) mass is 295 g/mol. The third kappa shape index (κ3) is 4.68. The van der Waals surface area contributed by atoms with Gasteiger partial charge in [0.25, 0.3) is 0 Å². The largest absolute Gasteiger partial charge is 0.396 e. The number of rotatable bonds is 7. The van der Waals surface area contributed by atoms with Crippen molar-refractivity contribution in [1.29, 1.82) is 0 Å².